The number of hydrogen-bond acceptors (Lipinski definition) is 6. The number of ether oxygens (including phenoxy) is 2. The first-order valence-corrected chi connectivity index (χ1v) is 13.8. The second kappa shape index (κ2) is 14.2. The number of halogens is 4. The van der Waals surface area contributed by atoms with Crippen molar-refractivity contribution >= 4 is 29.2 Å². The summed E-state index contributed by atoms with van der Waals surface area (Å²) < 4.78 is 51.9. The number of rotatable bonds is 11. The van der Waals surface area contributed by atoms with Gasteiger partial charge >= 0.3 is 12.2 Å². The Morgan fingerprint density at radius 3 is 2.48 bits per heavy atom. The first-order valence-electron chi connectivity index (χ1n) is 13.4. The molecule has 2 heterocycles. The number of carbonyl (C=O) groups is 2. The van der Waals surface area contributed by atoms with Gasteiger partial charge in [-0.1, -0.05) is 23.7 Å². The zero-order valence-corrected chi connectivity index (χ0v) is 23.6. The van der Waals surface area contributed by atoms with Crippen LogP contribution in [-0.4, -0.2) is 61.7 Å². The van der Waals surface area contributed by atoms with E-state index in [1.807, 2.05) is 12.1 Å². The lowest BCUT2D eigenvalue weighted by atomic mass is 10.1. The van der Waals surface area contributed by atoms with Crippen LogP contribution in [0, 0.1) is 0 Å². The number of nitrogens with zero attached hydrogens (tertiary/aromatic N) is 2. The smallest absolute Gasteiger partial charge is 0.417 e. The number of amides is 3. The van der Waals surface area contributed by atoms with E-state index in [0.717, 1.165) is 43.6 Å². The molecule has 1 fully saturated rings. The fourth-order valence-electron chi connectivity index (χ4n) is 4.35. The first kappa shape index (κ1) is 30.9. The van der Waals surface area contributed by atoms with Gasteiger partial charge in [0, 0.05) is 38.5 Å². The van der Waals surface area contributed by atoms with Gasteiger partial charge in [-0.25, -0.2) is 4.79 Å². The molecule has 224 valence electrons. The highest BCUT2D eigenvalue weighted by Gasteiger charge is 2.34. The van der Waals surface area contributed by atoms with Crippen molar-refractivity contribution in [2.75, 3.05) is 45.2 Å². The lowest BCUT2D eigenvalue weighted by molar-refractivity contribution is -0.137. The Balaban J connectivity index is 1.31. The SMILES string of the molecule is CNC(=O)c1cc(Oc2ccc(CCNC(=O)Nc3cc(C(F)(F)F)c(Cl)cc3OCCN3CCCC3)cc2)ccn1. The standard InChI is InChI=1S/C29H31ClF3N5O4/c1-34-27(39)25-16-21(9-11-35-25)42-20-6-4-19(5-7-20)8-10-36-28(40)37-24-17-22(29(31,32)33)23(30)18-26(24)41-15-14-38-12-2-3-13-38/h4-7,9,11,16-18H,2-3,8,10,12-15H2,1H3,(H,34,39)(H2,36,37,40). The van der Waals surface area contributed by atoms with Gasteiger partial charge in [-0.2, -0.15) is 13.2 Å². The number of urea groups is 1. The Kier molecular flexibility index (Phi) is 10.5. The highest BCUT2D eigenvalue weighted by molar-refractivity contribution is 6.31. The van der Waals surface area contributed by atoms with E-state index < -0.39 is 22.8 Å². The van der Waals surface area contributed by atoms with Crippen molar-refractivity contribution in [1.29, 1.82) is 0 Å². The first-order chi connectivity index (χ1) is 20.1. The van der Waals surface area contributed by atoms with Crippen molar-refractivity contribution in [2.45, 2.75) is 25.4 Å². The van der Waals surface area contributed by atoms with Crippen molar-refractivity contribution < 1.29 is 32.2 Å². The van der Waals surface area contributed by atoms with Crippen molar-refractivity contribution in [3.05, 3.63) is 76.6 Å². The Morgan fingerprint density at radius 2 is 1.79 bits per heavy atom. The molecule has 0 bridgehead atoms. The molecule has 0 atom stereocenters. The van der Waals surface area contributed by atoms with Crippen LogP contribution < -0.4 is 25.4 Å². The number of carbonyl (C=O) groups excluding carboxylic acids is 2. The fourth-order valence-corrected chi connectivity index (χ4v) is 4.62. The maximum Gasteiger partial charge on any atom is 0.417 e. The molecule has 0 radical (unpaired) electrons. The van der Waals surface area contributed by atoms with Gasteiger partial charge in [0.25, 0.3) is 5.91 Å². The van der Waals surface area contributed by atoms with E-state index in [4.69, 9.17) is 21.1 Å². The van der Waals surface area contributed by atoms with E-state index in [2.05, 4.69) is 25.8 Å². The second-order valence-corrected chi connectivity index (χ2v) is 9.96. The summed E-state index contributed by atoms with van der Waals surface area (Å²) in [5, 5.41) is 7.12. The summed E-state index contributed by atoms with van der Waals surface area (Å²) in [5.41, 5.74) is -0.0710. The maximum atomic E-state index is 13.5. The lowest BCUT2D eigenvalue weighted by Gasteiger charge is -2.19. The van der Waals surface area contributed by atoms with Crippen molar-refractivity contribution in [1.82, 2.24) is 20.5 Å². The molecule has 2 aromatic carbocycles. The minimum absolute atomic E-state index is 0.0644. The molecule has 1 aliphatic heterocycles. The van der Waals surface area contributed by atoms with Crippen molar-refractivity contribution in [3.63, 3.8) is 0 Å². The summed E-state index contributed by atoms with van der Waals surface area (Å²) in [5.74, 6) is 0.726. The number of hydrogen-bond donors (Lipinski definition) is 3. The molecule has 3 aromatic rings. The monoisotopic (exact) mass is 605 g/mol. The van der Waals surface area contributed by atoms with E-state index in [0.29, 0.717) is 24.5 Å². The minimum atomic E-state index is -4.70. The summed E-state index contributed by atoms with van der Waals surface area (Å²) in [7, 11) is 1.51. The Morgan fingerprint density at radius 1 is 1.05 bits per heavy atom. The zero-order valence-electron chi connectivity index (χ0n) is 22.9. The van der Waals surface area contributed by atoms with E-state index in [9.17, 15) is 22.8 Å². The van der Waals surface area contributed by atoms with Crippen LogP contribution in [0.2, 0.25) is 5.02 Å². The van der Waals surface area contributed by atoms with Gasteiger partial charge in [-0.05, 0) is 62.2 Å². The molecule has 0 aliphatic carbocycles. The van der Waals surface area contributed by atoms with E-state index in [-0.39, 0.29) is 36.2 Å². The Hall–Kier alpha value is -4.03. The number of likely N-dealkylation sites (tertiary alicyclic amines) is 1. The number of benzene rings is 2. The Bertz CT molecular complexity index is 1380. The Labute approximate surface area is 246 Å². The number of pyridine rings is 1. The highest BCUT2D eigenvalue weighted by Crippen LogP contribution is 2.40. The predicted molar refractivity (Wildman–Crippen MR) is 152 cm³/mol. The number of nitrogens with one attached hydrogen (secondary N) is 3. The third kappa shape index (κ3) is 8.73. The van der Waals surface area contributed by atoms with Gasteiger partial charge in [0.15, 0.2) is 0 Å². The minimum Gasteiger partial charge on any atom is -0.490 e. The van der Waals surface area contributed by atoms with Crippen LogP contribution in [0.5, 0.6) is 17.2 Å². The molecule has 0 saturated carbocycles. The third-order valence-corrected chi connectivity index (χ3v) is 6.85. The molecule has 3 N–H and O–H groups in total. The van der Waals surface area contributed by atoms with Crippen LogP contribution in [0.25, 0.3) is 0 Å². The molecule has 42 heavy (non-hydrogen) atoms. The summed E-state index contributed by atoms with van der Waals surface area (Å²) in [6.07, 6.45) is -0.564. The van der Waals surface area contributed by atoms with Gasteiger partial charge in [0.1, 0.15) is 29.5 Å². The number of anilines is 1. The quantitative estimate of drug-likeness (QED) is 0.257. The van der Waals surface area contributed by atoms with Gasteiger partial charge < -0.3 is 25.4 Å². The summed E-state index contributed by atoms with van der Waals surface area (Å²) >= 11 is 5.90. The molecule has 0 spiro atoms. The van der Waals surface area contributed by atoms with Crippen LogP contribution in [0.4, 0.5) is 23.7 Å². The van der Waals surface area contributed by atoms with Gasteiger partial charge in [-0.15, -0.1) is 0 Å². The average molecular weight is 606 g/mol. The predicted octanol–water partition coefficient (Wildman–Crippen LogP) is 5.74. The number of aromatic nitrogens is 1. The van der Waals surface area contributed by atoms with E-state index >= 15 is 0 Å². The molecular weight excluding hydrogens is 575 g/mol. The normalized spacial score (nSPS) is 13.5. The molecule has 4 rings (SSSR count). The average Bonchev–Trinajstić information content (AvgIpc) is 3.48. The van der Waals surface area contributed by atoms with E-state index in [1.54, 1.807) is 18.2 Å². The molecule has 3 amide bonds. The van der Waals surface area contributed by atoms with E-state index in [1.165, 1.54) is 19.3 Å². The van der Waals surface area contributed by atoms with Crippen LogP contribution >= 0.6 is 11.6 Å². The van der Waals surface area contributed by atoms with Gasteiger partial charge in [0.05, 0.1) is 16.3 Å². The fraction of sp³-hybridized carbons (Fsp3) is 0.345. The lowest BCUT2D eigenvalue weighted by Crippen LogP contribution is -2.31. The molecule has 0 unspecified atom stereocenters. The molecule has 1 aliphatic rings. The summed E-state index contributed by atoms with van der Waals surface area (Å²) in [4.78, 5) is 30.5. The number of alkyl halides is 3. The summed E-state index contributed by atoms with van der Waals surface area (Å²) in [6, 6.07) is 11.5. The molecule has 13 heteroatoms. The van der Waals surface area contributed by atoms with Crippen molar-refractivity contribution in [3.8, 4) is 17.2 Å². The topological polar surface area (TPSA) is 105 Å². The molecule has 1 saturated heterocycles. The van der Waals surface area contributed by atoms with Gasteiger partial charge in [-0.3, -0.25) is 14.7 Å². The van der Waals surface area contributed by atoms with Crippen molar-refractivity contribution in [2.24, 2.45) is 0 Å². The highest BCUT2D eigenvalue weighted by atomic mass is 35.5. The van der Waals surface area contributed by atoms with Crippen LogP contribution in [0.15, 0.2) is 54.7 Å². The molecule has 1 aromatic heterocycles. The molecular formula is C29H31ClF3N5O4. The van der Waals surface area contributed by atoms with Crippen LogP contribution in [0.3, 0.4) is 0 Å². The molecule has 9 nitrogen and oxygen atoms in total. The van der Waals surface area contributed by atoms with Crippen LogP contribution in [-0.2, 0) is 12.6 Å². The van der Waals surface area contributed by atoms with Gasteiger partial charge in [0.2, 0.25) is 0 Å². The second-order valence-electron chi connectivity index (χ2n) is 9.56. The van der Waals surface area contributed by atoms with Crippen LogP contribution in [0.1, 0.15) is 34.5 Å². The zero-order chi connectivity index (χ0) is 30.1. The largest absolute Gasteiger partial charge is 0.490 e. The third-order valence-electron chi connectivity index (χ3n) is 6.54. The maximum absolute atomic E-state index is 13.5. The summed E-state index contributed by atoms with van der Waals surface area (Å²) in [6.45, 7) is 2.98.